The van der Waals surface area contributed by atoms with Crippen LogP contribution in [-0.2, 0) is 18.0 Å². The molecule has 5 heteroatoms. The average Bonchev–Trinajstić information content (AvgIpc) is 2.82. The van der Waals surface area contributed by atoms with Gasteiger partial charge in [-0.15, -0.1) is 0 Å². The molecule has 32 heavy (non-hydrogen) atoms. The van der Waals surface area contributed by atoms with Crippen molar-refractivity contribution in [2.75, 3.05) is 0 Å². The molecule has 1 aromatic heterocycles. The van der Waals surface area contributed by atoms with Gasteiger partial charge < -0.3 is 14.2 Å². The smallest absolute Gasteiger partial charge is 0.169 e. The van der Waals surface area contributed by atoms with E-state index in [1.54, 1.807) is 13.0 Å². The second kappa shape index (κ2) is 9.96. The molecule has 0 fully saturated rings. The molecule has 0 aliphatic carbocycles. The van der Waals surface area contributed by atoms with Gasteiger partial charge in [-0.2, -0.15) is 0 Å². The van der Waals surface area contributed by atoms with Crippen molar-refractivity contribution in [2.24, 2.45) is 0 Å². The van der Waals surface area contributed by atoms with Crippen LogP contribution in [0.15, 0.2) is 84.9 Å². The Balaban J connectivity index is 1.33. The Labute approximate surface area is 187 Å². The first kappa shape index (κ1) is 21.4. The Morgan fingerprint density at radius 1 is 0.812 bits per heavy atom. The van der Waals surface area contributed by atoms with Crippen LogP contribution in [0.25, 0.3) is 10.9 Å². The number of hydrogen-bond donors (Lipinski definition) is 0. The van der Waals surface area contributed by atoms with Gasteiger partial charge in [0.1, 0.15) is 19.0 Å². The maximum absolute atomic E-state index is 11.5. The summed E-state index contributed by atoms with van der Waals surface area (Å²) in [5.41, 5.74) is 2.84. The summed E-state index contributed by atoms with van der Waals surface area (Å²) in [6.45, 7) is 4.01. The van der Waals surface area contributed by atoms with Crippen molar-refractivity contribution in [3.05, 3.63) is 96.2 Å². The molecule has 0 bridgehead atoms. The van der Waals surface area contributed by atoms with Gasteiger partial charge in [-0.05, 0) is 55.8 Å². The molecule has 1 atom stereocenters. The summed E-state index contributed by atoms with van der Waals surface area (Å²) >= 11 is 0. The van der Waals surface area contributed by atoms with Gasteiger partial charge in [-0.3, -0.25) is 4.79 Å². The van der Waals surface area contributed by atoms with Crippen molar-refractivity contribution < 1.29 is 19.0 Å². The minimum atomic E-state index is -0.520. The van der Waals surface area contributed by atoms with Gasteiger partial charge in [-0.1, -0.05) is 48.5 Å². The minimum Gasteiger partial charge on any atom is -0.487 e. The molecule has 4 aromatic rings. The number of benzene rings is 3. The topological polar surface area (TPSA) is 57.7 Å². The zero-order valence-corrected chi connectivity index (χ0v) is 18.2. The second-order valence-electron chi connectivity index (χ2n) is 7.53. The molecule has 0 aliphatic heterocycles. The van der Waals surface area contributed by atoms with Gasteiger partial charge in [0.25, 0.3) is 0 Å². The number of pyridine rings is 1. The van der Waals surface area contributed by atoms with Crippen LogP contribution in [-0.4, -0.2) is 16.9 Å². The fourth-order valence-electron chi connectivity index (χ4n) is 3.13. The monoisotopic (exact) mass is 427 g/mol. The summed E-state index contributed by atoms with van der Waals surface area (Å²) in [5, 5.41) is 1.11. The number of para-hydroxylation sites is 3. The lowest BCUT2D eigenvalue weighted by Crippen LogP contribution is -2.21. The predicted molar refractivity (Wildman–Crippen MR) is 124 cm³/mol. The number of rotatable bonds is 9. The molecule has 3 aromatic carbocycles. The Kier molecular flexibility index (Phi) is 6.66. The number of Topliss-reactive ketones (excluding diaryl/α,β-unsaturated/α-hetero) is 1. The highest BCUT2D eigenvalue weighted by Crippen LogP contribution is 2.28. The Hall–Kier alpha value is -3.86. The van der Waals surface area contributed by atoms with E-state index in [0.29, 0.717) is 24.7 Å². The van der Waals surface area contributed by atoms with E-state index >= 15 is 0 Å². The highest BCUT2D eigenvalue weighted by Gasteiger charge is 2.12. The lowest BCUT2D eigenvalue weighted by molar-refractivity contribution is -0.122. The molecular formula is C27H25NO4. The summed E-state index contributed by atoms with van der Waals surface area (Å²) in [5.74, 6) is 1.89. The Bertz CT molecular complexity index is 1200. The van der Waals surface area contributed by atoms with Crippen LogP contribution in [0.3, 0.4) is 0 Å². The number of fused-ring (bicyclic) bond motifs is 1. The first-order valence-electron chi connectivity index (χ1n) is 10.5. The van der Waals surface area contributed by atoms with Crippen LogP contribution in [0, 0.1) is 0 Å². The predicted octanol–water partition coefficient (Wildman–Crippen LogP) is 5.75. The second-order valence-corrected chi connectivity index (χ2v) is 7.53. The number of aromatic nitrogens is 1. The van der Waals surface area contributed by atoms with E-state index in [0.717, 1.165) is 27.9 Å². The van der Waals surface area contributed by atoms with Crippen LogP contribution in [0.1, 0.15) is 25.1 Å². The number of nitrogens with zero attached hydrogens (tertiary/aromatic N) is 1. The Morgan fingerprint density at radius 2 is 1.53 bits per heavy atom. The van der Waals surface area contributed by atoms with E-state index < -0.39 is 6.10 Å². The maximum Gasteiger partial charge on any atom is 0.169 e. The highest BCUT2D eigenvalue weighted by molar-refractivity contribution is 5.80. The van der Waals surface area contributed by atoms with Crippen molar-refractivity contribution in [3.8, 4) is 17.2 Å². The first-order valence-corrected chi connectivity index (χ1v) is 10.5. The van der Waals surface area contributed by atoms with Crippen molar-refractivity contribution in [3.63, 3.8) is 0 Å². The van der Waals surface area contributed by atoms with Gasteiger partial charge in [0.15, 0.2) is 23.4 Å². The lowest BCUT2D eigenvalue weighted by Gasteiger charge is -2.16. The maximum atomic E-state index is 11.5. The largest absolute Gasteiger partial charge is 0.487 e. The zero-order valence-electron chi connectivity index (χ0n) is 18.2. The third kappa shape index (κ3) is 5.43. The van der Waals surface area contributed by atoms with Gasteiger partial charge in [0.2, 0.25) is 0 Å². The third-order valence-corrected chi connectivity index (χ3v) is 5.09. The molecule has 5 nitrogen and oxygen atoms in total. The van der Waals surface area contributed by atoms with E-state index in [4.69, 9.17) is 14.2 Å². The van der Waals surface area contributed by atoms with Gasteiger partial charge in [-0.25, -0.2) is 4.98 Å². The quantitative estimate of drug-likeness (QED) is 0.340. The molecule has 0 saturated carbocycles. The van der Waals surface area contributed by atoms with E-state index in [9.17, 15) is 4.79 Å². The van der Waals surface area contributed by atoms with Gasteiger partial charge >= 0.3 is 0 Å². The third-order valence-electron chi connectivity index (χ3n) is 5.09. The van der Waals surface area contributed by atoms with E-state index in [1.807, 2.05) is 72.8 Å². The van der Waals surface area contributed by atoms with Crippen molar-refractivity contribution in [1.82, 2.24) is 4.98 Å². The van der Waals surface area contributed by atoms with Crippen LogP contribution in [0.2, 0.25) is 0 Å². The molecular weight excluding hydrogens is 402 g/mol. The molecule has 1 heterocycles. The van der Waals surface area contributed by atoms with Gasteiger partial charge in [0.05, 0.1) is 11.2 Å². The molecule has 0 N–H and O–H groups in total. The van der Waals surface area contributed by atoms with Crippen molar-refractivity contribution in [2.45, 2.75) is 33.2 Å². The Morgan fingerprint density at radius 3 is 2.31 bits per heavy atom. The highest BCUT2D eigenvalue weighted by atomic mass is 16.5. The molecule has 1 unspecified atom stereocenters. The summed E-state index contributed by atoms with van der Waals surface area (Å²) < 4.78 is 17.5. The molecule has 0 radical (unpaired) electrons. The number of ether oxygens (including phenoxy) is 3. The van der Waals surface area contributed by atoms with Crippen molar-refractivity contribution >= 4 is 16.7 Å². The average molecular weight is 428 g/mol. The van der Waals surface area contributed by atoms with Crippen LogP contribution in [0.4, 0.5) is 0 Å². The molecule has 0 spiro atoms. The molecule has 4 rings (SSSR count). The number of hydrogen-bond acceptors (Lipinski definition) is 5. The summed E-state index contributed by atoms with van der Waals surface area (Å²) in [6, 6.07) is 27.2. The minimum absolute atomic E-state index is 0.0331. The van der Waals surface area contributed by atoms with E-state index in [2.05, 4.69) is 11.1 Å². The van der Waals surface area contributed by atoms with Crippen LogP contribution < -0.4 is 14.2 Å². The number of carbonyl (C=O) groups is 1. The first-order chi connectivity index (χ1) is 15.6. The fraction of sp³-hybridized carbons (Fsp3) is 0.185. The molecule has 0 saturated heterocycles. The molecule has 0 amide bonds. The normalized spacial score (nSPS) is 11.7. The molecule has 162 valence electrons. The summed E-state index contributed by atoms with van der Waals surface area (Å²) in [7, 11) is 0. The lowest BCUT2D eigenvalue weighted by atomic mass is 10.2. The van der Waals surface area contributed by atoms with E-state index in [1.165, 1.54) is 6.92 Å². The number of carbonyl (C=O) groups excluding carboxylic acids is 1. The van der Waals surface area contributed by atoms with E-state index in [-0.39, 0.29) is 5.78 Å². The van der Waals surface area contributed by atoms with Crippen LogP contribution >= 0.6 is 0 Å². The SMILES string of the molecule is CC(=O)C(C)Oc1ccccc1OCc1ccc(OCc2ccc3ccccc3n2)cc1. The van der Waals surface area contributed by atoms with Gasteiger partial charge in [0, 0.05) is 5.39 Å². The van der Waals surface area contributed by atoms with Crippen molar-refractivity contribution in [1.29, 1.82) is 0 Å². The summed E-state index contributed by atoms with van der Waals surface area (Å²) in [6.07, 6.45) is -0.520. The standard InChI is InChI=1S/C27H25NO4/c1-19(29)20(2)32-27-10-6-5-9-26(27)31-17-21-11-15-24(16-12-21)30-18-23-14-13-22-7-3-4-8-25(22)28-23/h3-16,20H,17-18H2,1-2H3. The van der Waals surface area contributed by atoms with Crippen LogP contribution in [0.5, 0.6) is 17.2 Å². The summed E-state index contributed by atoms with van der Waals surface area (Å²) in [4.78, 5) is 16.1. The number of ketones is 1. The zero-order chi connectivity index (χ0) is 22.3. The fourth-order valence-corrected chi connectivity index (χ4v) is 3.13. The molecule has 0 aliphatic rings.